The van der Waals surface area contributed by atoms with Gasteiger partial charge < -0.3 is 10.1 Å². The molecule has 1 amide bonds. The van der Waals surface area contributed by atoms with E-state index in [1.165, 1.54) is 49.5 Å². The first-order valence-corrected chi connectivity index (χ1v) is 9.18. The van der Waals surface area contributed by atoms with Gasteiger partial charge in [0.2, 0.25) is 0 Å². The molecule has 0 radical (unpaired) electrons. The summed E-state index contributed by atoms with van der Waals surface area (Å²) in [5.74, 6) is 1.79. The summed E-state index contributed by atoms with van der Waals surface area (Å²) in [5, 5.41) is 13.6. The third-order valence-corrected chi connectivity index (χ3v) is 6.43. The summed E-state index contributed by atoms with van der Waals surface area (Å²) in [6.45, 7) is 1.77. The number of ether oxygens (including phenoxy) is 1. The minimum absolute atomic E-state index is 0.0924. The Bertz CT molecular complexity index is 609. The molecular formula is C17H25N5O3. The van der Waals surface area contributed by atoms with Crippen LogP contribution in [0.25, 0.3) is 0 Å². The van der Waals surface area contributed by atoms with Gasteiger partial charge in [-0.05, 0) is 79.0 Å². The van der Waals surface area contributed by atoms with Crippen molar-refractivity contribution in [1.29, 1.82) is 0 Å². The first-order valence-electron chi connectivity index (χ1n) is 9.18. The lowest BCUT2D eigenvalue weighted by Crippen LogP contribution is -2.56. The van der Waals surface area contributed by atoms with Gasteiger partial charge in [0.05, 0.1) is 0 Å². The van der Waals surface area contributed by atoms with Crippen LogP contribution in [0.5, 0.6) is 0 Å². The molecule has 25 heavy (non-hydrogen) atoms. The summed E-state index contributed by atoms with van der Waals surface area (Å²) in [6, 6.07) is 0.131. The van der Waals surface area contributed by atoms with Crippen molar-refractivity contribution in [2.24, 2.45) is 23.2 Å². The normalized spacial score (nSPS) is 33.9. The van der Waals surface area contributed by atoms with Crippen molar-refractivity contribution in [3.8, 4) is 0 Å². The van der Waals surface area contributed by atoms with Crippen molar-refractivity contribution in [3.05, 3.63) is 6.33 Å². The Labute approximate surface area is 146 Å². The molecule has 4 saturated carbocycles. The van der Waals surface area contributed by atoms with E-state index in [-0.39, 0.29) is 30.5 Å². The van der Waals surface area contributed by atoms with Gasteiger partial charge in [-0.25, -0.2) is 4.68 Å². The zero-order chi connectivity index (χ0) is 17.4. The number of rotatable bonds is 6. The number of tetrazole rings is 1. The Morgan fingerprint density at radius 3 is 2.44 bits per heavy atom. The summed E-state index contributed by atoms with van der Waals surface area (Å²) >= 11 is 0. The number of aromatic nitrogens is 4. The molecule has 0 spiro atoms. The second kappa shape index (κ2) is 6.38. The Morgan fingerprint density at radius 1 is 1.24 bits per heavy atom. The van der Waals surface area contributed by atoms with Crippen LogP contribution in [0.4, 0.5) is 0 Å². The molecule has 1 atom stereocenters. The van der Waals surface area contributed by atoms with E-state index in [2.05, 4.69) is 27.8 Å². The van der Waals surface area contributed by atoms with Crippen LogP contribution in [-0.4, -0.2) is 44.7 Å². The van der Waals surface area contributed by atoms with Crippen LogP contribution >= 0.6 is 0 Å². The van der Waals surface area contributed by atoms with Crippen LogP contribution in [-0.2, 0) is 20.9 Å². The minimum atomic E-state index is -0.523. The van der Waals surface area contributed by atoms with Gasteiger partial charge in [-0.1, -0.05) is 0 Å². The van der Waals surface area contributed by atoms with Gasteiger partial charge >= 0.3 is 5.97 Å². The summed E-state index contributed by atoms with van der Waals surface area (Å²) in [5.41, 5.74) is 0.251. The van der Waals surface area contributed by atoms with Crippen molar-refractivity contribution < 1.29 is 14.3 Å². The quantitative estimate of drug-likeness (QED) is 0.769. The SMILES string of the molecule is C[C@H](NC(=O)COC(=O)Cn1cnnn1)C12CC3CC(CC(C3)C1)C2. The van der Waals surface area contributed by atoms with E-state index in [1.807, 2.05) is 0 Å². The smallest absolute Gasteiger partial charge is 0.328 e. The van der Waals surface area contributed by atoms with Crippen LogP contribution in [0.2, 0.25) is 0 Å². The lowest BCUT2D eigenvalue weighted by Gasteiger charge is -2.59. The number of amides is 1. The Balaban J connectivity index is 1.27. The van der Waals surface area contributed by atoms with Crippen LogP contribution in [0.1, 0.15) is 45.4 Å². The fraction of sp³-hybridized carbons (Fsp3) is 0.824. The van der Waals surface area contributed by atoms with Crippen LogP contribution in [0.15, 0.2) is 6.33 Å². The lowest BCUT2D eigenvalue weighted by atomic mass is 9.48. The summed E-state index contributed by atoms with van der Waals surface area (Å²) in [7, 11) is 0. The largest absolute Gasteiger partial charge is 0.454 e. The number of carbonyl (C=O) groups is 2. The molecule has 1 heterocycles. The maximum absolute atomic E-state index is 12.2. The second-order valence-electron chi connectivity index (χ2n) is 8.24. The van der Waals surface area contributed by atoms with E-state index in [1.54, 1.807) is 0 Å². The van der Waals surface area contributed by atoms with E-state index in [9.17, 15) is 9.59 Å². The molecule has 8 heteroatoms. The molecule has 0 aliphatic heterocycles. The van der Waals surface area contributed by atoms with E-state index in [0.29, 0.717) is 0 Å². The molecule has 4 fully saturated rings. The Morgan fingerprint density at radius 2 is 1.88 bits per heavy atom. The van der Waals surface area contributed by atoms with Crippen LogP contribution in [0.3, 0.4) is 0 Å². The average molecular weight is 347 g/mol. The maximum Gasteiger partial charge on any atom is 0.328 e. The Kier molecular flexibility index (Phi) is 4.21. The van der Waals surface area contributed by atoms with Crippen molar-refractivity contribution in [3.63, 3.8) is 0 Å². The standard InChI is InChI=1S/C17H25N5O3/c1-11(17-5-12-2-13(6-17)4-14(3-12)7-17)19-15(23)9-25-16(24)8-22-10-18-20-21-22/h10-14H,2-9H2,1H3,(H,19,23)/t11-,12?,13?,14?,17?/m0/s1. The molecule has 1 aromatic heterocycles. The highest BCUT2D eigenvalue weighted by molar-refractivity contribution is 5.80. The number of nitrogens with zero attached hydrogens (tertiary/aromatic N) is 4. The van der Waals surface area contributed by atoms with E-state index >= 15 is 0 Å². The zero-order valence-electron chi connectivity index (χ0n) is 14.6. The molecule has 0 unspecified atom stereocenters. The highest BCUT2D eigenvalue weighted by atomic mass is 16.5. The molecule has 1 N–H and O–H groups in total. The van der Waals surface area contributed by atoms with E-state index in [4.69, 9.17) is 4.74 Å². The first kappa shape index (κ1) is 16.5. The average Bonchev–Trinajstić information content (AvgIpc) is 3.04. The molecule has 4 bridgehead atoms. The van der Waals surface area contributed by atoms with Gasteiger partial charge in [-0.3, -0.25) is 9.59 Å². The highest BCUT2D eigenvalue weighted by Gasteiger charge is 2.53. The number of hydrogen-bond acceptors (Lipinski definition) is 6. The predicted octanol–water partition coefficient (Wildman–Crippen LogP) is 0.937. The van der Waals surface area contributed by atoms with Crippen LogP contribution < -0.4 is 5.32 Å². The number of hydrogen-bond donors (Lipinski definition) is 1. The number of nitrogens with one attached hydrogen (secondary N) is 1. The summed E-state index contributed by atoms with van der Waals surface area (Å²) in [6.07, 6.45) is 9.19. The highest BCUT2D eigenvalue weighted by Crippen LogP contribution is 2.61. The zero-order valence-corrected chi connectivity index (χ0v) is 14.6. The Hall–Kier alpha value is -1.99. The van der Waals surface area contributed by atoms with Gasteiger partial charge in [0.25, 0.3) is 5.91 Å². The van der Waals surface area contributed by atoms with Crippen LogP contribution in [0, 0.1) is 23.2 Å². The third-order valence-electron chi connectivity index (χ3n) is 6.43. The summed E-state index contributed by atoms with van der Waals surface area (Å²) in [4.78, 5) is 23.9. The molecule has 4 aliphatic rings. The molecule has 4 aliphatic carbocycles. The first-order chi connectivity index (χ1) is 12.0. The molecule has 0 aromatic carbocycles. The molecular weight excluding hydrogens is 322 g/mol. The topological polar surface area (TPSA) is 99.0 Å². The van der Waals surface area contributed by atoms with E-state index < -0.39 is 5.97 Å². The van der Waals surface area contributed by atoms with Crippen molar-refractivity contribution in [2.45, 2.75) is 58.0 Å². The van der Waals surface area contributed by atoms with Crippen molar-refractivity contribution >= 4 is 11.9 Å². The van der Waals surface area contributed by atoms with E-state index in [0.717, 1.165) is 17.8 Å². The van der Waals surface area contributed by atoms with Crippen molar-refractivity contribution in [1.82, 2.24) is 25.5 Å². The molecule has 0 saturated heterocycles. The fourth-order valence-electron chi connectivity index (χ4n) is 5.72. The summed E-state index contributed by atoms with van der Waals surface area (Å²) < 4.78 is 6.29. The molecule has 1 aromatic rings. The molecule has 8 nitrogen and oxygen atoms in total. The molecule has 136 valence electrons. The van der Waals surface area contributed by atoms with Gasteiger partial charge in [0.15, 0.2) is 6.61 Å². The van der Waals surface area contributed by atoms with Gasteiger partial charge in [-0.2, -0.15) is 0 Å². The lowest BCUT2D eigenvalue weighted by molar-refractivity contribution is -0.150. The van der Waals surface area contributed by atoms with Gasteiger partial charge in [0, 0.05) is 6.04 Å². The monoisotopic (exact) mass is 347 g/mol. The minimum Gasteiger partial charge on any atom is -0.454 e. The predicted molar refractivity (Wildman–Crippen MR) is 87.0 cm³/mol. The maximum atomic E-state index is 12.2. The third kappa shape index (κ3) is 3.39. The van der Waals surface area contributed by atoms with Gasteiger partial charge in [-0.15, -0.1) is 5.10 Å². The van der Waals surface area contributed by atoms with Crippen molar-refractivity contribution in [2.75, 3.05) is 6.61 Å². The number of carbonyl (C=O) groups excluding carboxylic acids is 2. The number of esters is 1. The molecule has 5 rings (SSSR count). The second-order valence-corrected chi connectivity index (χ2v) is 8.24. The van der Waals surface area contributed by atoms with Gasteiger partial charge in [0.1, 0.15) is 12.9 Å². The fourth-order valence-corrected chi connectivity index (χ4v) is 5.72.